The minimum absolute atomic E-state index is 0.269. The van der Waals surface area contributed by atoms with E-state index in [1.165, 1.54) is 6.07 Å². The summed E-state index contributed by atoms with van der Waals surface area (Å²) in [5, 5.41) is 9.44. The molecule has 0 amide bonds. The molecule has 0 radical (unpaired) electrons. The summed E-state index contributed by atoms with van der Waals surface area (Å²) in [6, 6.07) is 2.72. The highest BCUT2D eigenvalue weighted by Gasteiger charge is 2.34. The number of rotatable bonds is 1. The first-order chi connectivity index (χ1) is 8.38. The zero-order valence-electron chi connectivity index (χ0n) is 9.38. The second-order valence-corrected chi connectivity index (χ2v) is 4.27. The summed E-state index contributed by atoms with van der Waals surface area (Å²) in [6.07, 6.45) is -5.06. The molecule has 18 heavy (non-hydrogen) atoms. The van der Waals surface area contributed by atoms with Crippen LogP contribution in [0.3, 0.4) is 0 Å². The van der Waals surface area contributed by atoms with Gasteiger partial charge in [0.2, 0.25) is 0 Å². The predicted octanol–water partition coefficient (Wildman–Crippen LogP) is 3.06. The van der Waals surface area contributed by atoms with Gasteiger partial charge in [0.25, 0.3) is 0 Å². The quantitative estimate of drug-likeness (QED) is 0.790. The van der Waals surface area contributed by atoms with Crippen molar-refractivity contribution in [3.05, 3.63) is 35.1 Å². The van der Waals surface area contributed by atoms with Crippen LogP contribution in [0.5, 0.6) is 0 Å². The molecule has 1 aliphatic heterocycles. The van der Waals surface area contributed by atoms with E-state index in [2.05, 4.69) is 0 Å². The highest BCUT2D eigenvalue weighted by Crippen LogP contribution is 2.34. The van der Waals surface area contributed by atoms with E-state index >= 15 is 0 Å². The normalized spacial score (nSPS) is 25.2. The van der Waals surface area contributed by atoms with E-state index in [1.807, 2.05) is 0 Å². The summed E-state index contributed by atoms with van der Waals surface area (Å²) in [5.41, 5.74) is -0.971. The van der Waals surface area contributed by atoms with Gasteiger partial charge in [0, 0.05) is 13.0 Å². The van der Waals surface area contributed by atoms with Gasteiger partial charge in [-0.1, -0.05) is 6.07 Å². The van der Waals surface area contributed by atoms with Crippen LogP contribution < -0.4 is 0 Å². The maximum Gasteiger partial charge on any atom is 0.419 e. The standard InChI is InChI=1S/C12H12F4O2/c13-10-5-7(1-2-9(10)12(14,15)16)11-6-8(17)3-4-18-11/h1-2,5,8,11,17H,3-4,6H2. The molecule has 1 saturated heterocycles. The molecule has 6 heteroatoms. The molecular formula is C12H12F4O2. The van der Waals surface area contributed by atoms with Crippen molar-refractivity contribution in [1.29, 1.82) is 0 Å². The van der Waals surface area contributed by atoms with E-state index in [0.717, 1.165) is 6.07 Å². The Morgan fingerprint density at radius 3 is 2.56 bits per heavy atom. The van der Waals surface area contributed by atoms with E-state index in [-0.39, 0.29) is 6.42 Å². The fraction of sp³-hybridized carbons (Fsp3) is 0.500. The van der Waals surface area contributed by atoms with Crippen molar-refractivity contribution in [2.24, 2.45) is 0 Å². The second-order valence-electron chi connectivity index (χ2n) is 4.27. The van der Waals surface area contributed by atoms with Crippen LogP contribution in [0.15, 0.2) is 18.2 Å². The van der Waals surface area contributed by atoms with Gasteiger partial charge in [-0.05, 0) is 24.1 Å². The molecule has 0 aromatic heterocycles. The third kappa shape index (κ3) is 2.81. The molecule has 2 rings (SSSR count). The van der Waals surface area contributed by atoms with Gasteiger partial charge < -0.3 is 9.84 Å². The minimum atomic E-state index is -4.70. The molecule has 2 unspecified atom stereocenters. The summed E-state index contributed by atoms with van der Waals surface area (Å²) in [5.74, 6) is -1.32. The highest BCUT2D eigenvalue weighted by molar-refractivity contribution is 5.28. The Morgan fingerprint density at radius 2 is 2.00 bits per heavy atom. The molecule has 0 aliphatic carbocycles. The van der Waals surface area contributed by atoms with Gasteiger partial charge >= 0.3 is 6.18 Å². The summed E-state index contributed by atoms with van der Waals surface area (Å²) in [7, 11) is 0. The fourth-order valence-electron chi connectivity index (χ4n) is 1.97. The maximum atomic E-state index is 13.4. The third-order valence-corrected chi connectivity index (χ3v) is 2.93. The maximum absolute atomic E-state index is 13.4. The lowest BCUT2D eigenvalue weighted by atomic mass is 9.98. The SMILES string of the molecule is OC1CCOC(c2ccc(C(F)(F)F)c(F)c2)C1. The summed E-state index contributed by atoms with van der Waals surface area (Å²) >= 11 is 0. The van der Waals surface area contributed by atoms with Gasteiger partial charge in [-0.2, -0.15) is 13.2 Å². The molecular weight excluding hydrogens is 252 g/mol. The Bertz CT molecular complexity index is 431. The van der Waals surface area contributed by atoms with E-state index in [9.17, 15) is 22.7 Å². The topological polar surface area (TPSA) is 29.5 Å². The molecule has 2 atom stereocenters. The lowest BCUT2D eigenvalue weighted by Gasteiger charge is -2.27. The largest absolute Gasteiger partial charge is 0.419 e. The number of hydrogen-bond donors (Lipinski definition) is 1. The van der Waals surface area contributed by atoms with Crippen molar-refractivity contribution >= 4 is 0 Å². The highest BCUT2D eigenvalue weighted by atomic mass is 19.4. The smallest absolute Gasteiger partial charge is 0.393 e. The van der Waals surface area contributed by atoms with Gasteiger partial charge in [-0.3, -0.25) is 0 Å². The number of alkyl halides is 3. The Hall–Kier alpha value is -1.14. The Morgan fingerprint density at radius 1 is 1.28 bits per heavy atom. The van der Waals surface area contributed by atoms with Crippen LogP contribution in [0.25, 0.3) is 0 Å². The molecule has 1 N–H and O–H groups in total. The predicted molar refractivity (Wildman–Crippen MR) is 55.3 cm³/mol. The number of halogens is 4. The summed E-state index contributed by atoms with van der Waals surface area (Å²) in [4.78, 5) is 0. The minimum Gasteiger partial charge on any atom is -0.393 e. The molecule has 1 aromatic rings. The first-order valence-electron chi connectivity index (χ1n) is 5.54. The van der Waals surface area contributed by atoms with Gasteiger partial charge in [0.05, 0.1) is 17.8 Å². The summed E-state index contributed by atoms with van der Waals surface area (Å²) in [6.45, 7) is 0.314. The number of hydrogen-bond acceptors (Lipinski definition) is 2. The molecule has 1 aliphatic rings. The van der Waals surface area contributed by atoms with Gasteiger partial charge in [-0.25, -0.2) is 4.39 Å². The first kappa shape index (κ1) is 13.3. The zero-order chi connectivity index (χ0) is 13.3. The number of aliphatic hydroxyl groups is 1. The number of benzene rings is 1. The summed E-state index contributed by atoms with van der Waals surface area (Å²) < 4.78 is 55.8. The molecule has 1 fully saturated rings. The van der Waals surface area contributed by atoms with Crippen molar-refractivity contribution in [2.75, 3.05) is 6.61 Å². The lowest BCUT2D eigenvalue weighted by Crippen LogP contribution is -2.23. The average Bonchev–Trinajstić information content (AvgIpc) is 2.27. The average molecular weight is 264 g/mol. The Kier molecular flexibility index (Phi) is 3.59. The molecule has 1 heterocycles. The van der Waals surface area contributed by atoms with E-state index in [4.69, 9.17) is 4.74 Å². The van der Waals surface area contributed by atoms with Crippen molar-refractivity contribution in [2.45, 2.75) is 31.2 Å². The lowest BCUT2D eigenvalue weighted by molar-refractivity contribution is -0.140. The van der Waals surface area contributed by atoms with E-state index in [0.29, 0.717) is 24.7 Å². The van der Waals surface area contributed by atoms with Crippen molar-refractivity contribution in [3.63, 3.8) is 0 Å². The zero-order valence-corrected chi connectivity index (χ0v) is 9.38. The molecule has 0 bridgehead atoms. The molecule has 1 aromatic carbocycles. The van der Waals surface area contributed by atoms with Crippen LogP contribution in [-0.4, -0.2) is 17.8 Å². The van der Waals surface area contributed by atoms with E-state index < -0.39 is 29.8 Å². The first-order valence-corrected chi connectivity index (χ1v) is 5.54. The molecule has 0 spiro atoms. The van der Waals surface area contributed by atoms with E-state index in [1.54, 1.807) is 0 Å². The Labute approximate surface area is 101 Å². The monoisotopic (exact) mass is 264 g/mol. The van der Waals surface area contributed by atoms with Gasteiger partial charge in [0.1, 0.15) is 5.82 Å². The van der Waals surface area contributed by atoms with Crippen molar-refractivity contribution in [3.8, 4) is 0 Å². The number of aliphatic hydroxyl groups excluding tert-OH is 1. The Balaban J connectivity index is 2.23. The van der Waals surface area contributed by atoms with Crippen LogP contribution in [0.1, 0.15) is 30.1 Å². The van der Waals surface area contributed by atoms with Crippen LogP contribution in [-0.2, 0) is 10.9 Å². The third-order valence-electron chi connectivity index (χ3n) is 2.93. The van der Waals surface area contributed by atoms with Crippen LogP contribution >= 0.6 is 0 Å². The van der Waals surface area contributed by atoms with Crippen molar-refractivity contribution in [1.82, 2.24) is 0 Å². The van der Waals surface area contributed by atoms with Crippen molar-refractivity contribution < 1.29 is 27.4 Å². The van der Waals surface area contributed by atoms with Crippen LogP contribution in [0.4, 0.5) is 17.6 Å². The second kappa shape index (κ2) is 4.85. The molecule has 0 saturated carbocycles. The fourth-order valence-corrected chi connectivity index (χ4v) is 1.97. The van der Waals surface area contributed by atoms with Crippen LogP contribution in [0.2, 0.25) is 0 Å². The van der Waals surface area contributed by atoms with Crippen LogP contribution in [0, 0.1) is 5.82 Å². The van der Waals surface area contributed by atoms with Gasteiger partial charge in [0.15, 0.2) is 0 Å². The van der Waals surface area contributed by atoms with Gasteiger partial charge in [-0.15, -0.1) is 0 Å². The molecule has 100 valence electrons. The molecule has 2 nitrogen and oxygen atoms in total. The number of ether oxygens (including phenoxy) is 1.